The topological polar surface area (TPSA) is 86.2 Å². The molecular weight excluding hydrogens is 301 g/mol. The molecule has 0 saturated carbocycles. The molecule has 1 rings (SSSR count). The Morgan fingerprint density at radius 2 is 1.95 bits per heavy atom. The number of carboxylic acids is 2. The number of halogens is 3. The minimum atomic E-state index is -5.19. The van der Waals surface area contributed by atoms with Crippen LogP contribution in [0.2, 0.25) is 0 Å². The number of thioether (sulfide) groups is 1. The first kappa shape index (κ1) is 18.3. The second-order valence-electron chi connectivity index (χ2n) is 3.65. The molecule has 0 saturated heterocycles. The van der Waals surface area contributed by atoms with Crippen LogP contribution in [0.5, 0.6) is 0 Å². The van der Waals surface area contributed by atoms with Crippen LogP contribution in [0.15, 0.2) is 11.4 Å². The highest BCUT2D eigenvalue weighted by Crippen LogP contribution is 2.16. The Balaban J connectivity index is 0.000000441. The minimum absolute atomic E-state index is 0.0769. The lowest BCUT2D eigenvalue weighted by molar-refractivity contribution is -0.707. The molecule has 20 heavy (non-hydrogen) atoms. The van der Waals surface area contributed by atoms with E-state index >= 15 is 0 Å². The van der Waals surface area contributed by atoms with E-state index in [0.29, 0.717) is 0 Å². The third-order valence-electron chi connectivity index (χ3n) is 2.08. The number of hydrogen-bond donors (Lipinski definition) is 1. The van der Waals surface area contributed by atoms with Crippen molar-refractivity contribution in [3.8, 4) is 0 Å². The van der Waals surface area contributed by atoms with Crippen LogP contribution in [0.3, 0.4) is 0 Å². The first-order valence-corrected chi connectivity index (χ1v) is 6.31. The van der Waals surface area contributed by atoms with Gasteiger partial charge in [-0.3, -0.25) is 4.79 Å². The average molecular weight is 314 g/mol. The summed E-state index contributed by atoms with van der Waals surface area (Å²) in [7, 11) is 3.77. The molecule has 0 bridgehead atoms. The predicted molar refractivity (Wildman–Crippen MR) is 60.8 cm³/mol. The zero-order chi connectivity index (χ0) is 16.1. The van der Waals surface area contributed by atoms with E-state index < -0.39 is 18.1 Å². The number of alkyl halides is 3. The van der Waals surface area contributed by atoms with Crippen LogP contribution in [0, 0.1) is 0 Å². The van der Waals surface area contributed by atoms with Crippen molar-refractivity contribution in [3.63, 3.8) is 0 Å². The molecular formula is C10H13F3N2O4S. The Kier molecular flexibility index (Phi) is 6.56. The van der Waals surface area contributed by atoms with Crippen molar-refractivity contribution in [1.29, 1.82) is 0 Å². The van der Waals surface area contributed by atoms with Crippen molar-refractivity contribution in [2.45, 2.75) is 17.6 Å². The number of carbonyl (C=O) groups excluding carboxylic acids is 1. The summed E-state index contributed by atoms with van der Waals surface area (Å²) in [6.07, 6.45) is -1.29. The number of carbonyl (C=O) groups is 2. The minimum Gasteiger partial charge on any atom is -0.542 e. The maximum Gasteiger partial charge on any atom is 0.430 e. The summed E-state index contributed by atoms with van der Waals surface area (Å²) in [4.78, 5) is 19.4. The molecule has 0 aliphatic heterocycles. The van der Waals surface area contributed by atoms with Crippen LogP contribution in [-0.2, 0) is 30.1 Å². The second kappa shape index (κ2) is 7.17. The quantitative estimate of drug-likeness (QED) is 0.600. The van der Waals surface area contributed by atoms with Crippen LogP contribution in [0.1, 0.15) is 5.69 Å². The van der Waals surface area contributed by atoms with Gasteiger partial charge in [0.2, 0.25) is 11.4 Å². The van der Waals surface area contributed by atoms with Crippen molar-refractivity contribution in [3.05, 3.63) is 12.0 Å². The smallest absolute Gasteiger partial charge is 0.430 e. The van der Waals surface area contributed by atoms with E-state index in [1.54, 1.807) is 11.8 Å². The number of imidazole rings is 1. The summed E-state index contributed by atoms with van der Waals surface area (Å²) in [6.45, 7) is 0. The Labute approximate surface area is 116 Å². The van der Waals surface area contributed by atoms with Gasteiger partial charge < -0.3 is 15.0 Å². The molecule has 1 heterocycles. The third-order valence-corrected chi connectivity index (χ3v) is 2.99. The standard InChI is InChI=1S/C8H12N2O2S.C2HF3O2/c1-9-5-10(2)8(13-3)6(9)4-7(11)12;3-2(4,5)1(6)7/h5H,4H2,1-3H3;(H,6,7). The van der Waals surface area contributed by atoms with E-state index in [2.05, 4.69) is 0 Å². The molecule has 0 unspecified atom stereocenters. The normalized spacial score (nSPS) is 10.7. The van der Waals surface area contributed by atoms with Gasteiger partial charge in [-0.25, -0.2) is 9.13 Å². The number of carboxylic acid groups (broad SMARTS) is 2. The highest BCUT2D eigenvalue weighted by atomic mass is 32.2. The van der Waals surface area contributed by atoms with Crippen molar-refractivity contribution in [1.82, 2.24) is 4.57 Å². The van der Waals surface area contributed by atoms with E-state index in [4.69, 9.17) is 15.0 Å². The number of hydrogen-bond acceptors (Lipinski definition) is 4. The van der Waals surface area contributed by atoms with Gasteiger partial charge in [0.05, 0.1) is 14.1 Å². The highest BCUT2D eigenvalue weighted by molar-refractivity contribution is 7.98. The van der Waals surface area contributed by atoms with Gasteiger partial charge in [0.15, 0.2) is 5.69 Å². The molecule has 10 heteroatoms. The molecule has 0 aromatic carbocycles. The van der Waals surface area contributed by atoms with Crippen LogP contribution < -0.4 is 9.67 Å². The van der Waals surface area contributed by atoms with Gasteiger partial charge in [-0.1, -0.05) is 11.8 Å². The molecule has 1 aromatic rings. The largest absolute Gasteiger partial charge is 0.542 e. The van der Waals surface area contributed by atoms with Crippen LogP contribution in [0.4, 0.5) is 13.2 Å². The first-order valence-electron chi connectivity index (χ1n) is 5.08. The van der Waals surface area contributed by atoms with Gasteiger partial charge in [-0.05, 0) is 6.26 Å². The molecule has 0 fully saturated rings. The van der Waals surface area contributed by atoms with Crippen LogP contribution in [-0.4, -0.2) is 34.0 Å². The van der Waals surface area contributed by atoms with Crippen LogP contribution in [0.25, 0.3) is 0 Å². The molecule has 1 N–H and O–H groups in total. The number of rotatable bonds is 3. The second-order valence-corrected chi connectivity index (χ2v) is 4.44. The molecule has 1 aromatic heterocycles. The molecule has 0 amide bonds. The van der Waals surface area contributed by atoms with Gasteiger partial charge in [-0.15, -0.1) is 0 Å². The predicted octanol–water partition coefficient (Wildman–Crippen LogP) is -0.503. The summed E-state index contributed by atoms with van der Waals surface area (Å²) < 4.78 is 35.3. The number of aliphatic carboxylic acids is 2. The molecule has 6 nitrogen and oxygen atoms in total. The van der Waals surface area contributed by atoms with Gasteiger partial charge in [-0.2, -0.15) is 13.2 Å². The van der Waals surface area contributed by atoms with Gasteiger partial charge in [0, 0.05) is 0 Å². The molecule has 0 aliphatic carbocycles. The Morgan fingerprint density at radius 1 is 1.50 bits per heavy atom. The summed E-state index contributed by atoms with van der Waals surface area (Å²) in [5, 5.41) is 18.5. The summed E-state index contributed by atoms with van der Waals surface area (Å²) >= 11 is 1.56. The number of nitrogens with zero attached hydrogens (tertiary/aromatic N) is 2. The Morgan fingerprint density at radius 3 is 2.25 bits per heavy atom. The number of aryl methyl sites for hydroxylation is 2. The van der Waals surface area contributed by atoms with Gasteiger partial charge >= 0.3 is 12.1 Å². The van der Waals surface area contributed by atoms with Crippen molar-refractivity contribution in [2.75, 3.05) is 6.26 Å². The fourth-order valence-corrected chi connectivity index (χ4v) is 2.13. The fourth-order valence-electron chi connectivity index (χ4n) is 1.34. The summed E-state index contributed by atoms with van der Waals surface area (Å²) in [5.41, 5.74) is 0.850. The first-order chi connectivity index (χ1) is 9.00. The Hall–Kier alpha value is -1.71. The monoisotopic (exact) mass is 314 g/mol. The molecule has 0 aliphatic rings. The lowest BCUT2D eigenvalue weighted by Gasteiger charge is -2.03. The van der Waals surface area contributed by atoms with E-state index in [-0.39, 0.29) is 6.42 Å². The fraction of sp³-hybridized carbons (Fsp3) is 0.500. The van der Waals surface area contributed by atoms with Crippen molar-refractivity contribution >= 4 is 23.7 Å². The third kappa shape index (κ3) is 5.51. The zero-order valence-corrected chi connectivity index (χ0v) is 11.7. The van der Waals surface area contributed by atoms with Crippen LogP contribution >= 0.6 is 11.8 Å². The van der Waals surface area contributed by atoms with E-state index in [9.17, 15) is 18.0 Å². The summed E-state index contributed by atoms with van der Waals surface area (Å²) in [6, 6.07) is 0. The molecule has 0 atom stereocenters. The number of aromatic nitrogens is 2. The molecule has 114 valence electrons. The average Bonchev–Trinajstić information content (AvgIpc) is 2.52. The highest BCUT2D eigenvalue weighted by Gasteiger charge is 2.28. The van der Waals surface area contributed by atoms with E-state index in [1.165, 1.54) is 0 Å². The molecule has 0 spiro atoms. The Bertz CT molecular complexity index is 499. The van der Waals surface area contributed by atoms with Gasteiger partial charge in [0.1, 0.15) is 12.4 Å². The van der Waals surface area contributed by atoms with Gasteiger partial charge in [0.25, 0.3) is 0 Å². The maximum atomic E-state index is 10.6. The molecule has 0 radical (unpaired) electrons. The zero-order valence-electron chi connectivity index (χ0n) is 10.9. The van der Waals surface area contributed by atoms with E-state index in [1.807, 2.05) is 35.8 Å². The van der Waals surface area contributed by atoms with E-state index in [0.717, 1.165) is 10.7 Å². The lowest BCUT2D eigenvalue weighted by atomic mass is 10.3. The van der Waals surface area contributed by atoms with Crippen molar-refractivity contribution in [2.24, 2.45) is 14.1 Å². The summed E-state index contributed by atoms with van der Waals surface area (Å²) in [5.74, 6) is -3.80. The maximum absolute atomic E-state index is 10.6. The lowest BCUT2D eigenvalue weighted by Crippen LogP contribution is -2.37. The SMILES string of the molecule is CSc1c(CC(=O)O)n(C)c[n+]1C.O=C([O-])C(F)(F)F. The van der Waals surface area contributed by atoms with Crippen molar-refractivity contribution < 1.29 is 37.5 Å².